The summed E-state index contributed by atoms with van der Waals surface area (Å²) < 4.78 is 2.23. The van der Waals surface area contributed by atoms with E-state index in [1.807, 2.05) is 0 Å². The number of benzene rings is 1. The van der Waals surface area contributed by atoms with Gasteiger partial charge in [0.15, 0.2) is 0 Å². The van der Waals surface area contributed by atoms with Gasteiger partial charge in [-0.05, 0) is 18.4 Å². The highest BCUT2D eigenvalue weighted by Crippen LogP contribution is 2.40. The number of hydrogen-bond donors (Lipinski definition) is 0. The first-order chi connectivity index (χ1) is 11.2. The first kappa shape index (κ1) is 15.2. The molecule has 4 nitrogen and oxygen atoms in total. The predicted octanol–water partition coefficient (Wildman–Crippen LogP) is 3.37. The second kappa shape index (κ2) is 6.29. The van der Waals surface area contributed by atoms with Crippen molar-refractivity contribution in [2.75, 3.05) is 12.3 Å². The monoisotopic (exact) mass is 328 g/mol. The van der Waals surface area contributed by atoms with Crippen LogP contribution in [0.2, 0.25) is 0 Å². The Balaban J connectivity index is 1.58. The summed E-state index contributed by atoms with van der Waals surface area (Å²) in [6, 6.07) is 11.4. The van der Waals surface area contributed by atoms with Crippen LogP contribution in [0.4, 0.5) is 0 Å². The number of rotatable bonds is 4. The molecule has 2 aromatic rings. The van der Waals surface area contributed by atoms with E-state index in [9.17, 15) is 0 Å². The van der Waals surface area contributed by atoms with E-state index in [1.54, 1.807) is 0 Å². The third-order valence-electron chi connectivity index (χ3n) is 5.02. The Morgan fingerprint density at radius 3 is 2.70 bits per heavy atom. The fourth-order valence-corrected chi connectivity index (χ4v) is 4.81. The summed E-state index contributed by atoms with van der Waals surface area (Å²) in [6.07, 6.45) is 2.55. The van der Waals surface area contributed by atoms with Crippen molar-refractivity contribution in [3.63, 3.8) is 0 Å². The minimum atomic E-state index is 0.455. The second-order valence-electron chi connectivity index (χ2n) is 6.71. The molecule has 1 aliphatic heterocycles. The smallest absolute Gasteiger partial charge is 0.146 e. The molecule has 5 heteroatoms. The van der Waals surface area contributed by atoms with Gasteiger partial charge < -0.3 is 4.57 Å². The summed E-state index contributed by atoms with van der Waals surface area (Å²) >= 11 is 2.08. The highest BCUT2D eigenvalue weighted by Gasteiger charge is 2.33. The summed E-state index contributed by atoms with van der Waals surface area (Å²) in [4.78, 5) is 2.58. The van der Waals surface area contributed by atoms with Crippen LogP contribution >= 0.6 is 11.8 Å². The van der Waals surface area contributed by atoms with Crippen LogP contribution in [0.15, 0.2) is 30.3 Å². The van der Waals surface area contributed by atoms with Gasteiger partial charge in [0, 0.05) is 36.6 Å². The van der Waals surface area contributed by atoms with E-state index in [2.05, 4.69) is 75.7 Å². The van der Waals surface area contributed by atoms with Crippen molar-refractivity contribution in [3.05, 3.63) is 47.5 Å². The van der Waals surface area contributed by atoms with Crippen LogP contribution in [-0.2, 0) is 13.6 Å². The van der Waals surface area contributed by atoms with Crippen LogP contribution in [0.5, 0.6) is 0 Å². The molecule has 2 fully saturated rings. The van der Waals surface area contributed by atoms with Gasteiger partial charge in [-0.2, -0.15) is 11.8 Å². The Morgan fingerprint density at radius 1 is 1.17 bits per heavy atom. The first-order valence-electron chi connectivity index (χ1n) is 8.53. The van der Waals surface area contributed by atoms with Crippen LogP contribution in [0.1, 0.15) is 48.9 Å². The maximum atomic E-state index is 4.49. The fraction of sp³-hybridized carbons (Fsp3) is 0.556. The molecule has 1 aromatic carbocycles. The quantitative estimate of drug-likeness (QED) is 0.862. The normalized spacial score (nSPS) is 25.7. The van der Waals surface area contributed by atoms with Crippen molar-refractivity contribution >= 4 is 11.8 Å². The highest BCUT2D eigenvalue weighted by atomic mass is 32.2. The zero-order chi connectivity index (χ0) is 15.8. The molecule has 2 heterocycles. The molecular formula is C18H24N4S. The van der Waals surface area contributed by atoms with Crippen LogP contribution in [0.25, 0.3) is 0 Å². The number of hydrogen-bond acceptors (Lipinski definition) is 4. The van der Waals surface area contributed by atoms with Crippen LogP contribution in [0.3, 0.4) is 0 Å². The molecule has 1 saturated heterocycles. The van der Waals surface area contributed by atoms with Gasteiger partial charge in [0.1, 0.15) is 11.6 Å². The van der Waals surface area contributed by atoms with Crippen molar-refractivity contribution in [3.8, 4) is 0 Å². The molecule has 4 rings (SSSR count). The average Bonchev–Trinajstić information content (AvgIpc) is 3.34. The van der Waals surface area contributed by atoms with Gasteiger partial charge in [0.2, 0.25) is 0 Å². The van der Waals surface area contributed by atoms with E-state index in [0.717, 1.165) is 18.9 Å². The Bertz CT molecular complexity index is 665. The zero-order valence-corrected chi connectivity index (χ0v) is 14.7. The molecule has 0 unspecified atom stereocenters. The molecule has 1 aromatic heterocycles. The lowest BCUT2D eigenvalue weighted by atomic mass is 10.0. The van der Waals surface area contributed by atoms with Crippen molar-refractivity contribution in [2.24, 2.45) is 7.05 Å². The predicted molar refractivity (Wildman–Crippen MR) is 94.5 cm³/mol. The van der Waals surface area contributed by atoms with Crippen LogP contribution < -0.4 is 0 Å². The molecule has 23 heavy (non-hydrogen) atoms. The van der Waals surface area contributed by atoms with Gasteiger partial charge in [-0.3, -0.25) is 4.90 Å². The summed E-state index contributed by atoms with van der Waals surface area (Å²) in [5.74, 6) is 4.13. The molecule has 0 N–H and O–H groups in total. The summed E-state index contributed by atoms with van der Waals surface area (Å²) in [5.41, 5.74) is 1.41. The lowest BCUT2D eigenvalue weighted by Crippen LogP contribution is -2.40. The zero-order valence-electron chi connectivity index (χ0n) is 13.9. The van der Waals surface area contributed by atoms with E-state index >= 15 is 0 Å². The van der Waals surface area contributed by atoms with Crippen molar-refractivity contribution in [2.45, 2.75) is 43.5 Å². The number of aromatic nitrogens is 3. The molecule has 1 aliphatic carbocycles. The third kappa shape index (κ3) is 3.04. The van der Waals surface area contributed by atoms with E-state index in [0.29, 0.717) is 17.2 Å². The summed E-state index contributed by atoms with van der Waals surface area (Å²) in [5, 5.41) is 9.53. The van der Waals surface area contributed by atoms with E-state index in [1.165, 1.54) is 30.0 Å². The molecule has 2 aliphatic rings. The third-order valence-corrected chi connectivity index (χ3v) is 6.23. The molecule has 0 bridgehead atoms. The molecule has 0 radical (unpaired) electrons. The van der Waals surface area contributed by atoms with Gasteiger partial charge in [-0.25, -0.2) is 0 Å². The maximum absolute atomic E-state index is 4.49. The van der Waals surface area contributed by atoms with Gasteiger partial charge in [0.05, 0.1) is 6.54 Å². The van der Waals surface area contributed by atoms with Gasteiger partial charge >= 0.3 is 0 Å². The SMILES string of the molecule is C[C@H]1SCCN(Cc2nnc(C3CC3)n2C)[C@@H]1c1ccccc1. The van der Waals surface area contributed by atoms with Crippen molar-refractivity contribution in [1.82, 2.24) is 19.7 Å². The Morgan fingerprint density at radius 2 is 1.96 bits per heavy atom. The molecule has 0 spiro atoms. The maximum Gasteiger partial charge on any atom is 0.146 e. The lowest BCUT2D eigenvalue weighted by Gasteiger charge is -2.39. The largest absolute Gasteiger partial charge is 0.317 e. The summed E-state index contributed by atoms with van der Waals surface area (Å²) in [6.45, 7) is 4.35. The van der Waals surface area contributed by atoms with Gasteiger partial charge in [-0.15, -0.1) is 10.2 Å². The van der Waals surface area contributed by atoms with Crippen molar-refractivity contribution < 1.29 is 0 Å². The minimum Gasteiger partial charge on any atom is -0.317 e. The summed E-state index contributed by atoms with van der Waals surface area (Å²) in [7, 11) is 2.13. The minimum absolute atomic E-state index is 0.455. The van der Waals surface area contributed by atoms with Crippen LogP contribution in [0, 0.1) is 0 Å². The lowest BCUT2D eigenvalue weighted by molar-refractivity contribution is 0.185. The van der Waals surface area contributed by atoms with Crippen LogP contribution in [-0.4, -0.2) is 37.2 Å². The van der Waals surface area contributed by atoms with Gasteiger partial charge in [0.25, 0.3) is 0 Å². The van der Waals surface area contributed by atoms with E-state index < -0.39 is 0 Å². The Kier molecular flexibility index (Phi) is 4.16. The number of nitrogens with zero attached hydrogens (tertiary/aromatic N) is 4. The van der Waals surface area contributed by atoms with Gasteiger partial charge in [-0.1, -0.05) is 37.3 Å². The topological polar surface area (TPSA) is 34.0 Å². The second-order valence-corrected chi connectivity index (χ2v) is 8.19. The first-order valence-corrected chi connectivity index (χ1v) is 9.57. The Labute approximate surface area is 142 Å². The Hall–Kier alpha value is -1.33. The fourth-order valence-electron chi connectivity index (χ4n) is 3.58. The molecule has 2 atom stereocenters. The molecule has 1 saturated carbocycles. The highest BCUT2D eigenvalue weighted by molar-refractivity contribution is 8.00. The van der Waals surface area contributed by atoms with Crippen molar-refractivity contribution in [1.29, 1.82) is 0 Å². The molecular weight excluding hydrogens is 304 g/mol. The van der Waals surface area contributed by atoms with E-state index in [4.69, 9.17) is 0 Å². The van der Waals surface area contributed by atoms with E-state index in [-0.39, 0.29) is 0 Å². The standard InChI is InChI=1S/C18H24N4S/c1-13-17(14-6-4-3-5-7-14)22(10-11-23-13)12-16-19-20-18(21(16)2)15-8-9-15/h3-7,13,15,17H,8-12H2,1-2H3/t13-,17+/m1/s1. The molecule has 122 valence electrons. The average molecular weight is 328 g/mol. The number of thioether (sulfide) groups is 1. The molecule has 0 amide bonds.